The molecule has 0 radical (unpaired) electrons. The second-order valence-electron chi connectivity index (χ2n) is 8.32. The number of benzene rings is 3. The Labute approximate surface area is 211 Å². The molecular weight excluding hydrogens is 496 g/mol. The van der Waals surface area contributed by atoms with Crippen LogP contribution in [-0.4, -0.2) is 25.9 Å². The molecule has 0 bridgehead atoms. The molecule has 3 aromatic carbocycles. The molecule has 0 spiro atoms. The lowest BCUT2D eigenvalue weighted by atomic mass is 9.77. The van der Waals surface area contributed by atoms with Crippen LogP contribution in [0.3, 0.4) is 0 Å². The molecule has 0 unspecified atom stereocenters. The van der Waals surface area contributed by atoms with E-state index < -0.39 is 35.5 Å². The third-order valence-electron chi connectivity index (χ3n) is 5.93. The average molecular weight is 521 g/mol. The lowest BCUT2D eigenvalue weighted by molar-refractivity contribution is 0.463. The first kappa shape index (κ1) is 25.5. The molecule has 6 nitrogen and oxygen atoms in total. The lowest BCUT2D eigenvalue weighted by Gasteiger charge is -2.34. The SMILES string of the molecule is O=S(=O)(O)C(=Cc1ccccc1)C1(C(=Cc2ccccc2)S(=O)(=O)O)C=CC(c2ccccc2)=CC1. The zero-order valence-electron chi connectivity index (χ0n) is 19.1. The van der Waals surface area contributed by atoms with Gasteiger partial charge in [-0.15, -0.1) is 0 Å². The van der Waals surface area contributed by atoms with E-state index in [2.05, 4.69) is 0 Å². The largest absolute Gasteiger partial charge is 0.291 e. The zero-order chi connectivity index (χ0) is 25.8. The van der Waals surface area contributed by atoms with E-state index in [1.165, 1.54) is 18.2 Å². The summed E-state index contributed by atoms with van der Waals surface area (Å²) >= 11 is 0. The summed E-state index contributed by atoms with van der Waals surface area (Å²) in [6.07, 6.45) is 7.03. The van der Waals surface area contributed by atoms with Crippen molar-refractivity contribution in [2.24, 2.45) is 5.41 Å². The Hall–Kier alpha value is -3.56. The summed E-state index contributed by atoms with van der Waals surface area (Å²) in [7, 11) is -9.87. The molecule has 3 aromatic rings. The topological polar surface area (TPSA) is 109 Å². The Balaban J connectivity index is 2.01. The number of rotatable bonds is 7. The Morgan fingerprint density at radius 3 is 1.44 bits per heavy atom. The Morgan fingerprint density at radius 1 is 0.667 bits per heavy atom. The number of hydrogen-bond donors (Lipinski definition) is 2. The molecule has 0 aliphatic heterocycles. The first-order valence-electron chi connectivity index (χ1n) is 11.0. The molecule has 36 heavy (non-hydrogen) atoms. The fourth-order valence-electron chi connectivity index (χ4n) is 4.24. The summed E-state index contributed by atoms with van der Waals surface area (Å²) in [4.78, 5) is -1.14. The summed E-state index contributed by atoms with van der Waals surface area (Å²) < 4.78 is 71.9. The van der Waals surface area contributed by atoms with Crippen LogP contribution in [0.2, 0.25) is 0 Å². The quantitative estimate of drug-likeness (QED) is 0.377. The third-order valence-corrected chi connectivity index (χ3v) is 8.00. The van der Waals surface area contributed by atoms with Gasteiger partial charge in [-0.05, 0) is 40.8 Å². The predicted molar refractivity (Wildman–Crippen MR) is 143 cm³/mol. The van der Waals surface area contributed by atoms with Gasteiger partial charge in [-0.3, -0.25) is 9.11 Å². The molecule has 0 atom stereocenters. The molecule has 0 aromatic heterocycles. The van der Waals surface area contributed by atoms with Crippen LogP contribution in [0.5, 0.6) is 0 Å². The summed E-state index contributed by atoms with van der Waals surface area (Å²) in [5, 5.41) is 0. The molecule has 0 amide bonds. The van der Waals surface area contributed by atoms with Gasteiger partial charge in [0.2, 0.25) is 0 Å². The van der Waals surface area contributed by atoms with Crippen LogP contribution in [0.1, 0.15) is 23.1 Å². The molecule has 0 fully saturated rings. The molecule has 0 saturated carbocycles. The van der Waals surface area contributed by atoms with Crippen molar-refractivity contribution in [2.45, 2.75) is 6.42 Å². The van der Waals surface area contributed by atoms with Crippen molar-refractivity contribution in [1.29, 1.82) is 0 Å². The van der Waals surface area contributed by atoms with Crippen molar-refractivity contribution in [3.05, 3.63) is 136 Å². The highest BCUT2D eigenvalue weighted by atomic mass is 32.2. The van der Waals surface area contributed by atoms with Crippen LogP contribution in [0.4, 0.5) is 0 Å². The van der Waals surface area contributed by atoms with Gasteiger partial charge in [0.25, 0.3) is 20.2 Å². The van der Waals surface area contributed by atoms with Gasteiger partial charge < -0.3 is 0 Å². The van der Waals surface area contributed by atoms with E-state index in [1.807, 2.05) is 30.3 Å². The standard InChI is InChI=1S/C28H24O6S2/c29-35(30,31)26(20-22-10-4-1-5-11-22)28(18-16-25(17-19-28)24-14-8-3-9-15-24)27(36(32,33)34)21-23-12-6-2-7-13-23/h1-18,20-21H,19H2,(H,29,30,31)(H,32,33,34). The maximum absolute atomic E-state index is 12.8. The van der Waals surface area contributed by atoms with E-state index in [-0.39, 0.29) is 6.42 Å². The summed E-state index contributed by atoms with van der Waals surface area (Å²) in [6, 6.07) is 26.1. The van der Waals surface area contributed by atoms with Crippen molar-refractivity contribution in [3.8, 4) is 0 Å². The Kier molecular flexibility index (Phi) is 7.23. The van der Waals surface area contributed by atoms with E-state index in [9.17, 15) is 25.9 Å². The van der Waals surface area contributed by atoms with E-state index in [0.717, 1.165) is 11.1 Å². The average Bonchev–Trinajstić information content (AvgIpc) is 2.86. The van der Waals surface area contributed by atoms with Crippen LogP contribution in [-0.2, 0) is 20.2 Å². The smallest absolute Gasteiger partial charge is 0.282 e. The number of allylic oxidation sites excluding steroid dienone is 6. The van der Waals surface area contributed by atoms with Crippen molar-refractivity contribution in [2.75, 3.05) is 0 Å². The second-order valence-corrected chi connectivity index (χ2v) is 11.1. The molecule has 1 aliphatic carbocycles. The fraction of sp³-hybridized carbons (Fsp3) is 0.0714. The van der Waals surface area contributed by atoms with Crippen LogP contribution in [0, 0.1) is 5.41 Å². The maximum Gasteiger partial charge on any atom is 0.291 e. The predicted octanol–water partition coefficient (Wildman–Crippen LogP) is 5.87. The van der Waals surface area contributed by atoms with Crippen molar-refractivity contribution in [1.82, 2.24) is 0 Å². The van der Waals surface area contributed by atoms with Crippen LogP contribution in [0.25, 0.3) is 17.7 Å². The molecule has 184 valence electrons. The fourth-order valence-corrected chi connectivity index (χ4v) is 6.32. The van der Waals surface area contributed by atoms with Crippen molar-refractivity contribution < 1.29 is 25.9 Å². The van der Waals surface area contributed by atoms with Crippen LogP contribution < -0.4 is 0 Å². The highest BCUT2D eigenvalue weighted by molar-refractivity contribution is 7.91. The minimum atomic E-state index is -4.94. The van der Waals surface area contributed by atoms with Gasteiger partial charge >= 0.3 is 0 Å². The van der Waals surface area contributed by atoms with E-state index in [0.29, 0.717) is 11.1 Å². The number of hydrogen-bond acceptors (Lipinski definition) is 4. The molecule has 0 saturated heterocycles. The monoisotopic (exact) mass is 520 g/mol. The van der Waals surface area contributed by atoms with Gasteiger partial charge in [0, 0.05) is 0 Å². The van der Waals surface area contributed by atoms with E-state index in [1.54, 1.807) is 72.8 Å². The van der Waals surface area contributed by atoms with Gasteiger partial charge in [-0.1, -0.05) is 109 Å². The molecule has 0 heterocycles. The van der Waals surface area contributed by atoms with Crippen LogP contribution in [0.15, 0.2) is 119 Å². The van der Waals surface area contributed by atoms with Crippen LogP contribution >= 0.6 is 0 Å². The minimum absolute atomic E-state index is 0.148. The van der Waals surface area contributed by atoms with Gasteiger partial charge in [-0.25, -0.2) is 0 Å². The van der Waals surface area contributed by atoms with Gasteiger partial charge in [-0.2, -0.15) is 16.8 Å². The summed E-state index contributed by atoms with van der Waals surface area (Å²) in [5.74, 6) is 0. The van der Waals surface area contributed by atoms with Gasteiger partial charge in [0.1, 0.15) is 0 Å². The summed E-state index contributed by atoms with van der Waals surface area (Å²) in [6.45, 7) is 0. The van der Waals surface area contributed by atoms with Gasteiger partial charge in [0.05, 0.1) is 15.2 Å². The highest BCUT2D eigenvalue weighted by Crippen LogP contribution is 2.50. The Bertz CT molecular complexity index is 1480. The second kappa shape index (κ2) is 10.2. The molecular formula is C28H24O6S2. The molecule has 8 heteroatoms. The summed E-state index contributed by atoms with van der Waals surface area (Å²) in [5.41, 5.74) is 0.555. The van der Waals surface area contributed by atoms with Crippen molar-refractivity contribution >= 4 is 38.0 Å². The maximum atomic E-state index is 12.8. The normalized spacial score (nSPS) is 19.1. The van der Waals surface area contributed by atoms with Crippen molar-refractivity contribution in [3.63, 3.8) is 0 Å². The van der Waals surface area contributed by atoms with Gasteiger partial charge in [0.15, 0.2) is 0 Å². The Morgan fingerprint density at radius 2 is 1.08 bits per heavy atom. The minimum Gasteiger partial charge on any atom is -0.282 e. The lowest BCUT2D eigenvalue weighted by Crippen LogP contribution is -2.32. The highest BCUT2D eigenvalue weighted by Gasteiger charge is 2.47. The third kappa shape index (κ3) is 5.63. The molecule has 2 N–H and O–H groups in total. The molecule has 1 aliphatic rings. The molecule has 4 rings (SSSR count). The first-order valence-corrected chi connectivity index (χ1v) is 13.9. The zero-order valence-corrected chi connectivity index (χ0v) is 20.7. The van der Waals surface area contributed by atoms with E-state index in [4.69, 9.17) is 0 Å². The van der Waals surface area contributed by atoms with E-state index >= 15 is 0 Å². The first-order chi connectivity index (χ1) is 17.1.